The van der Waals surface area contributed by atoms with Crippen LogP contribution in [-0.4, -0.2) is 61.7 Å². The highest BCUT2D eigenvalue weighted by Gasteiger charge is 2.37. The van der Waals surface area contributed by atoms with Crippen molar-refractivity contribution >= 4 is 0 Å². The smallest absolute Gasteiger partial charge is 0.0853 e. The Morgan fingerprint density at radius 3 is 2.69 bits per heavy atom. The highest BCUT2D eigenvalue weighted by atomic mass is 16.5. The maximum absolute atomic E-state index is 8.78. The van der Waals surface area contributed by atoms with E-state index in [-0.39, 0.29) is 5.60 Å². The number of hydrogen-bond donors (Lipinski definition) is 1. The first kappa shape index (κ1) is 12.3. The molecule has 0 aromatic rings. The Kier molecular flexibility index (Phi) is 4.58. The van der Waals surface area contributed by atoms with Crippen molar-refractivity contribution in [1.82, 2.24) is 4.90 Å². The molecule has 2 fully saturated rings. The number of nitrogens with zero attached hydrogens (tertiary/aromatic N) is 1. The number of aliphatic hydroxyl groups excluding tert-OH is 1. The first-order valence-electron chi connectivity index (χ1n) is 6.40. The van der Waals surface area contributed by atoms with E-state index in [9.17, 15) is 0 Å². The second kappa shape index (κ2) is 5.96. The number of ether oxygens (including phenoxy) is 2. The Balaban J connectivity index is 1.78. The summed E-state index contributed by atoms with van der Waals surface area (Å²) >= 11 is 0. The molecule has 0 aromatic heterocycles. The van der Waals surface area contributed by atoms with Crippen LogP contribution in [0, 0.1) is 0 Å². The third-order valence-electron chi connectivity index (χ3n) is 3.61. The van der Waals surface area contributed by atoms with Gasteiger partial charge < -0.3 is 14.6 Å². The summed E-state index contributed by atoms with van der Waals surface area (Å²) in [4.78, 5) is 2.48. The lowest BCUT2D eigenvalue weighted by atomic mass is 9.92. The van der Waals surface area contributed by atoms with E-state index in [0.29, 0.717) is 6.61 Å². The predicted molar refractivity (Wildman–Crippen MR) is 61.5 cm³/mol. The molecule has 0 aliphatic carbocycles. The molecule has 2 saturated heterocycles. The maximum atomic E-state index is 8.78. The zero-order valence-electron chi connectivity index (χ0n) is 9.99. The SMILES string of the molecule is OCCCCN1CCOC2(CCOCC2)C1. The molecule has 2 aliphatic heterocycles. The molecule has 0 radical (unpaired) electrons. The minimum Gasteiger partial charge on any atom is -0.396 e. The van der Waals surface area contributed by atoms with Gasteiger partial charge in [0, 0.05) is 45.8 Å². The van der Waals surface area contributed by atoms with Gasteiger partial charge in [-0.2, -0.15) is 0 Å². The topological polar surface area (TPSA) is 41.9 Å². The van der Waals surface area contributed by atoms with Gasteiger partial charge in [0.15, 0.2) is 0 Å². The number of unbranched alkanes of at least 4 members (excludes halogenated alkanes) is 1. The Morgan fingerprint density at radius 1 is 1.12 bits per heavy atom. The van der Waals surface area contributed by atoms with Gasteiger partial charge in [-0.1, -0.05) is 0 Å². The van der Waals surface area contributed by atoms with Crippen molar-refractivity contribution in [2.75, 3.05) is 46.1 Å². The van der Waals surface area contributed by atoms with Crippen LogP contribution < -0.4 is 0 Å². The van der Waals surface area contributed by atoms with Gasteiger partial charge in [-0.15, -0.1) is 0 Å². The van der Waals surface area contributed by atoms with Crippen LogP contribution >= 0.6 is 0 Å². The summed E-state index contributed by atoms with van der Waals surface area (Å²) < 4.78 is 11.4. The lowest BCUT2D eigenvalue weighted by Crippen LogP contribution is -2.54. The molecule has 0 atom stereocenters. The van der Waals surface area contributed by atoms with Crippen LogP contribution in [0.25, 0.3) is 0 Å². The molecule has 0 amide bonds. The number of morpholine rings is 1. The molecule has 0 bridgehead atoms. The lowest BCUT2D eigenvalue weighted by molar-refractivity contribution is -0.153. The Bertz CT molecular complexity index is 199. The Hall–Kier alpha value is -0.160. The van der Waals surface area contributed by atoms with Crippen molar-refractivity contribution in [1.29, 1.82) is 0 Å². The van der Waals surface area contributed by atoms with E-state index in [1.165, 1.54) is 0 Å². The van der Waals surface area contributed by atoms with Crippen molar-refractivity contribution in [3.8, 4) is 0 Å². The van der Waals surface area contributed by atoms with Crippen LogP contribution in [0.3, 0.4) is 0 Å². The predicted octanol–water partition coefficient (Wildman–Crippen LogP) is 0.640. The molecular formula is C12H23NO3. The third-order valence-corrected chi connectivity index (χ3v) is 3.61. The van der Waals surface area contributed by atoms with E-state index >= 15 is 0 Å². The van der Waals surface area contributed by atoms with E-state index in [1.54, 1.807) is 0 Å². The van der Waals surface area contributed by atoms with Gasteiger partial charge in [0.1, 0.15) is 0 Å². The average Bonchev–Trinajstić information content (AvgIpc) is 2.31. The van der Waals surface area contributed by atoms with Gasteiger partial charge in [-0.25, -0.2) is 0 Å². The molecule has 4 nitrogen and oxygen atoms in total. The second-order valence-corrected chi connectivity index (χ2v) is 4.85. The number of aliphatic hydroxyl groups is 1. The highest BCUT2D eigenvalue weighted by molar-refractivity contribution is 4.89. The van der Waals surface area contributed by atoms with E-state index in [2.05, 4.69) is 4.90 Å². The number of hydrogen-bond acceptors (Lipinski definition) is 4. The van der Waals surface area contributed by atoms with Gasteiger partial charge in [-0.05, 0) is 19.4 Å². The summed E-state index contributed by atoms with van der Waals surface area (Å²) in [5, 5.41) is 8.78. The van der Waals surface area contributed by atoms with Crippen LogP contribution in [0.2, 0.25) is 0 Å². The fraction of sp³-hybridized carbons (Fsp3) is 1.00. The molecule has 1 spiro atoms. The van der Waals surface area contributed by atoms with Crippen molar-refractivity contribution in [3.05, 3.63) is 0 Å². The first-order chi connectivity index (χ1) is 7.85. The molecule has 1 N–H and O–H groups in total. The van der Waals surface area contributed by atoms with E-state index in [1.807, 2.05) is 0 Å². The zero-order chi connectivity index (χ0) is 11.3. The summed E-state index contributed by atoms with van der Waals surface area (Å²) in [6.07, 6.45) is 4.06. The summed E-state index contributed by atoms with van der Waals surface area (Å²) in [5.74, 6) is 0. The van der Waals surface area contributed by atoms with Gasteiger partial charge in [0.2, 0.25) is 0 Å². The maximum Gasteiger partial charge on any atom is 0.0853 e. The first-order valence-corrected chi connectivity index (χ1v) is 6.40. The summed E-state index contributed by atoms with van der Waals surface area (Å²) in [6.45, 7) is 6.00. The normalized spacial score (nSPS) is 26.1. The van der Waals surface area contributed by atoms with Gasteiger partial charge in [0.05, 0.1) is 12.2 Å². The Labute approximate surface area is 97.5 Å². The molecule has 94 valence electrons. The summed E-state index contributed by atoms with van der Waals surface area (Å²) in [6, 6.07) is 0. The van der Waals surface area contributed by atoms with Crippen LogP contribution in [0.15, 0.2) is 0 Å². The van der Waals surface area contributed by atoms with Gasteiger partial charge in [-0.3, -0.25) is 4.90 Å². The summed E-state index contributed by atoms with van der Waals surface area (Å²) in [5.41, 5.74) is 0.0652. The third kappa shape index (κ3) is 3.17. The van der Waals surface area contributed by atoms with Crippen molar-refractivity contribution < 1.29 is 14.6 Å². The van der Waals surface area contributed by atoms with E-state index < -0.39 is 0 Å². The zero-order valence-corrected chi connectivity index (χ0v) is 9.99. The molecular weight excluding hydrogens is 206 g/mol. The molecule has 2 heterocycles. The number of rotatable bonds is 4. The van der Waals surface area contributed by atoms with Crippen LogP contribution in [0.1, 0.15) is 25.7 Å². The standard InChI is InChI=1S/C12H23NO3/c14-7-2-1-5-13-6-10-16-12(11-13)3-8-15-9-4-12/h14H,1-11H2. The molecule has 16 heavy (non-hydrogen) atoms. The lowest BCUT2D eigenvalue weighted by Gasteiger charge is -2.44. The van der Waals surface area contributed by atoms with Crippen LogP contribution in [0.4, 0.5) is 0 Å². The highest BCUT2D eigenvalue weighted by Crippen LogP contribution is 2.28. The van der Waals surface area contributed by atoms with Crippen molar-refractivity contribution in [2.45, 2.75) is 31.3 Å². The van der Waals surface area contributed by atoms with E-state index in [0.717, 1.165) is 65.1 Å². The van der Waals surface area contributed by atoms with Crippen LogP contribution in [0.5, 0.6) is 0 Å². The molecule has 2 aliphatic rings. The van der Waals surface area contributed by atoms with Gasteiger partial charge >= 0.3 is 0 Å². The Morgan fingerprint density at radius 2 is 1.94 bits per heavy atom. The molecule has 2 rings (SSSR count). The van der Waals surface area contributed by atoms with E-state index in [4.69, 9.17) is 14.6 Å². The minimum atomic E-state index is 0.0652. The summed E-state index contributed by atoms with van der Waals surface area (Å²) in [7, 11) is 0. The fourth-order valence-electron chi connectivity index (χ4n) is 2.61. The second-order valence-electron chi connectivity index (χ2n) is 4.85. The molecule has 0 saturated carbocycles. The monoisotopic (exact) mass is 229 g/mol. The van der Waals surface area contributed by atoms with Crippen LogP contribution in [-0.2, 0) is 9.47 Å². The molecule has 0 unspecified atom stereocenters. The molecule has 4 heteroatoms. The van der Waals surface area contributed by atoms with Gasteiger partial charge in [0.25, 0.3) is 0 Å². The minimum absolute atomic E-state index is 0.0652. The fourth-order valence-corrected chi connectivity index (χ4v) is 2.61. The van der Waals surface area contributed by atoms with Crippen molar-refractivity contribution in [2.24, 2.45) is 0 Å². The van der Waals surface area contributed by atoms with Crippen molar-refractivity contribution in [3.63, 3.8) is 0 Å². The quantitative estimate of drug-likeness (QED) is 0.718. The average molecular weight is 229 g/mol. The largest absolute Gasteiger partial charge is 0.396 e. The molecule has 0 aromatic carbocycles.